The van der Waals surface area contributed by atoms with Crippen LogP contribution >= 0.6 is 0 Å². The molecule has 0 atom stereocenters. The molecule has 4 nitrogen and oxygen atoms in total. The normalized spacial score (nSPS) is 13.5. The van der Waals surface area contributed by atoms with E-state index in [0.717, 1.165) is 30.5 Å². The molecule has 0 amide bonds. The van der Waals surface area contributed by atoms with Gasteiger partial charge in [0.15, 0.2) is 0 Å². The van der Waals surface area contributed by atoms with Crippen molar-refractivity contribution in [3.8, 4) is 11.5 Å². The molecule has 0 aromatic heterocycles. The minimum Gasteiger partial charge on any atom is -0.488 e. The van der Waals surface area contributed by atoms with E-state index < -0.39 is 18.4 Å². The topological polar surface area (TPSA) is 44.8 Å². The maximum atomic E-state index is 14.1. The standard InChI is InChI=1S/C21H21F3O4/c1-3-12-9-15(20(23)24)19(10-17(12)22)27-11-16-14(13-7-8-13)5-4-6-18(16)28-21(25)26-2/h4-6,9-10,13,20H,3,7-8,11H2,1-2H3. The van der Waals surface area contributed by atoms with E-state index in [4.69, 9.17) is 9.47 Å². The van der Waals surface area contributed by atoms with E-state index in [1.165, 1.54) is 7.11 Å². The summed E-state index contributed by atoms with van der Waals surface area (Å²) in [6.45, 7) is 1.56. The van der Waals surface area contributed by atoms with E-state index in [1.807, 2.05) is 6.07 Å². The van der Waals surface area contributed by atoms with Crippen molar-refractivity contribution in [1.82, 2.24) is 0 Å². The van der Waals surface area contributed by atoms with Crippen molar-refractivity contribution in [3.63, 3.8) is 0 Å². The summed E-state index contributed by atoms with van der Waals surface area (Å²) in [6.07, 6.45) is -1.42. The third-order valence-corrected chi connectivity index (χ3v) is 4.71. The molecule has 2 aromatic carbocycles. The van der Waals surface area contributed by atoms with Gasteiger partial charge in [0.2, 0.25) is 0 Å². The quantitative estimate of drug-likeness (QED) is 0.431. The van der Waals surface area contributed by atoms with Gasteiger partial charge in [-0.1, -0.05) is 19.1 Å². The van der Waals surface area contributed by atoms with Gasteiger partial charge in [-0.2, -0.15) is 0 Å². The Hall–Kier alpha value is -2.70. The Morgan fingerprint density at radius 3 is 2.57 bits per heavy atom. The lowest BCUT2D eigenvalue weighted by Crippen LogP contribution is -2.11. The molecule has 0 aliphatic heterocycles. The molecule has 1 aliphatic rings. The van der Waals surface area contributed by atoms with Gasteiger partial charge in [-0.05, 0) is 48.4 Å². The number of halogens is 3. The van der Waals surface area contributed by atoms with Gasteiger partial charge < -0.3 is 14.2 Å². The van der Waals surface area contributed by atoms with Gasteiger partial charge in [-0.3, -0.25) is 0 Å². The Balaban J connectivity index is 1.92. The molecule has 3 rings (SSSR count). The van der Waals surface area contributed by atoms with Crippen molar-refractivity contribution >= 4 is 6.16 Å². The molecule has 0 unspecified atom stereocenters. The van der Waals surface area contributed by atoms with Crippen molar-refractivity contribution in [3.05, 3.63) is 58.4 Å². The molecule has 1 fully saturated rings. The molecule has 1 saturated carbocycles. The van der Waals surface area contributed by atoms with E-state index in [2.05, 4.69) is 4.74 Å². The van der Waals surface area contributed by atoms with E-state index in [9.17, 15) is 18.0 Å². The van der Waals surface area contributed by atoms with Gasteiger partial charge in [-0.15, -0.1) is 0 Å². The molecular formula is C21H21F3O4. The van der Waals surface area contributed by atoms with E-state index in [0.29, 0.717) is 17.9 Å². The summed E-state index contributed by atoms with van der Waals surface area (Å²) in [5.74, 6) is -0.281. The van der Waals surface area contributed by atoms with Crippen LogP contribution in [-0.2, 0) is 17.8 Å². The van der Waals surface area contributed by atoms with Gasteiger partial charge in [-0.25, -0.2) is 18.0 Å². The molecule has 150 valence electrons. The van der Waals surface area contributed by atoms with Crippen LogP contribution in [0.4, 0.5) is 18.0 Å². The average molecular weight is 394 g/mol. The average Bonchev–Trinajstić information content (AvgIpc) is 3.51. The second kappa shape index (κ2) is 8.54. The monoisotopic (exact) mass is 394 g/mol. The lowest BCUT2D eigenvalue weighted by Gasteiger charge is -2.17. The zero-order valence-electron chi connectivity index (χ0n) is 15.6. The number of methoxy groups -OCH3 is 1. The second-order valence-electron chi connectivity index (χ2n) is 6.58. The molecule has 0 heterocycles. The first-order valence-electron chi connectivity index (χ1n) is 9.05. The molecule has 28 heavy (non-hydrogen) atoms. The summed E-state index contributed by atoms with van der Waals surface area (Å²) in [5.41, 5.74) is 1.33. The van der Waals surface area contributed by atoms with Crippen LogP contribution in [0.15, 0.2) is 30.3 Å². The number of rotatable bonds is 7. The number of carbonyl (C=O) groups excluding carboxylic acids is 1. The highest BCUT2D eigenvalue weighted by atomic mass is 19.3. The first-order valence-corrected chi connectivity index (χ1v) is 9.05. The molecule has 0 saturated heterocycles. The Morgan fingerprint density at radius 1 is 1.21 bits per heavy atom. The van der Waals surface area contributed by atoms with Gasteiger partial charge in [0.05, 0.1) is 12.7 Å². The molecule has 0 N–H and O–H groups in total. The zero-order valence-corrected chi connectivity index (χ0v) is 15.6. The number of benzene rings is 2. The molecule has 7 heteroatoms. The van der Waals surface area contributed by atoms with Crippen LogP contribution in [-0.4, -0.2) is 13.3 Å². The lowest BCUT2D eigenvalue weighted by molar-refractivity contribution is 0.120. The smallest absolute Gasteiger partial charge is 0.488 e. The van der Waals surface area contributed by atoms with Gasteiger partial charge in [0.25, 0.3) is 6.43 Å². The fourth-order valence-corrected chi connectivity index (χ4v) is 3.08. The Labute approximate surface area is 161 Å². The summed E-state index contributed by atoms with van der Waals surface area (Å²) in [4.78, 5) is 11.5. The predicted octanol–water partition coefficient (Wildman–Crippen LogP) is 5.93. The number of hydrogen-bond donors (Lipinski definition) is 0. The van der Waals surface area contributed by atoms with Crippen LogP contribution in [0.25, 0.3) is 0 Å². The molecule has 1 aliphatic carbocycles. The van der Waals surface area contributed by atoms with Crippen molar-refractivity contribution in [1.29, 1.82) is 0 Å². The summed E-state index contributed by atoms with van der Waals surface area (Å²) in [7, 11) is 1.19. The second-order valence-corrected chi connectivity index (χ2v) is 6.58. The Morgan fingerprint density at radius 2 is 1.96 bits per heavy atom. The molecule has 0 spiro atoms. The number of hydrogen-bond acceptors (Lipinski definition) is 4. The highest BCUT2D eigenvalue weighted by Gasteiger charge is 2.28. The third-order valence-electron chi connectivity index (χ3n) is 4.71. The molecule has 0 radical (unpaired) electrons. The van der Waals surface area contributed by atoms with Crippen molar-refractivity contribution < 1.29 is 32.2 Å². The number of carbonyl (C=O) groups is 1. The highest BCUT2D eigenvalue weighted by Crippen LogP contribution is 2.44. The fraction of sp³-hybridized carbons (Fsp3) is 0.381. The van der Waals surface area contributed by atoms with E-state index in [1.54, 1.807) is 19.1 Å². The van der Waals surface area contributed by atoms with E-state index >= 15 is 0 Å². The van der Waals surface area contributed by atoms with Crippen LogP contribution in [0.3, 0.4) is 0 Å². The molecule has 0 bridgehead atoms. The summed E-state index contributed by atoms with van der Waals surface area (Å²) in [6, 6.07) is 7.33. The van der Waals surface area contributed by atoms with Crippen molar-refractivity contribution in [2.75, 3.05) is 7.11 Å². The third kappa shape index (κ3) is 4.40. The zero-order chi connectivity index (χ0) is 20.3. The van der Waals surface area contributed by atoms with Crippen LogP contribution < -0.4 is 9.47 Å². The minimum atomic E-state index is -2.80. The fourth-order valence-electron chi connectivity index (χ4n) is 3.08. The van der Waals surface area contributed by atoms with Crippen LogP contribution in [0.5, 0.6) is 11.5 Å². The number of alkyl halides is 2. The minimum absolute atomic E-state index is 0.135. The summed E-state index contributed by atoms with van der Waals surface area (Å²) in [5, 5.41) is 0. The summed E-state index contributed by atoms with van der Waals surface area (Å²) < 4.78 is 56.3. The van der Waals surface area contributed by atoms with E-state index in [-0.39, 0.29) is 29.2 Å². The lowest BCUT2D eigenvalue weighted by atomic mass is 10.0. The Bertz CT molecular complexity index is 863. The van der Waals surface area contributed by atoms with Crippen molar-refractivity contribution in [2.45, 2.75) is 45.1 Å². The SMILES string of the molecule is CCc1cc(C(F)F)c(OCc2c(OC(=O)OC)cccc2C2CC2)cc1F. The van der Waals surface area contributed by atoms with Crippen molar-refractivity contribution in [2.24, 2.45) is 0 Å². The van der Waals surface area contributed by atoms with Crippen LogP contribution in [0, 0.1) is 5.82 Å². The first-order chi connectivity index (χ1) is 13.4. The molecular weight excluding hydrogens is 373 g/mol. The number of ether oxygens (including phenoxy) is 3. The maximum Gasteiger partial charge on any atom is 0.513 e. The highest BCUT2D eigenvalue weighted by molar-refractivity contribution is 5.65. The van der Waals surface area contributed by atoms with Crippen LogP contribution in [0.2, 0.25) is 0 Å². The first kappa shape index (κ1) is 20.0. The number of aryl methyl sites for hydroxylation is 1. The van der Waals surface area contributed by atoms with Gasteiger partial charge >= 0.3 is 6.16 Å². The maximum absolute atomic E-state index is 14.1. The van der Waals surface area contributed by atoms with Gasteiger partial charge in [0.1, 0.15) is 23.9 Å². The molecule has 2 aromatic rings. The summed E-state index contributed by atoms with van der Waals surface area (Å²) >= 11 is 0. The largest absolute Gasteiger partial charge is 0.513 e. The van der Waals surface area contributed by atoms with Crippen LogP contribution in [0.1, 0.15) is 54.4 Å². The Kier molecular flexibility index (Phi) is 6.11. The predicted molar refractivity (Wildman–Crippen MR) is 96.5 cm³/mol. The van der Waals surface area contributed by atoms with Gasteiger partial charge in [0, 0.05) is 11.6 Å².